The molecule has 0 spiro atoms. The highest BCUT2D eigenvalue weighted by Gasteiger charge is 2.28. The molecule has 3 rings (SSSR count). The van der Waals surface area contributed by atoms with Crippen molar-refractivity contribution in [2.75, 3.05) is 17.2 Å². The lowest BCUT2D eigenvalue weighted by Crippen LogP contribution is -2.39. The van der Waals surface area contributed by atoms with Gasteiger partial charge in [-0.05, 0) is 24.0 Å². The molecule has 3 N–H and O–H groups in total. The van der Waals surface area contributed by atoms with Gasteiger partial charge in [0.2, 0.25) is 0 Å². The maximum absolute atomic E-state index is 12.6. The van der Waals surface area contributed by atoms with Crippen molar-refractivity contribution >= 4 is 17.4 Å². The lowest BCUT2D eigenvalue weighted by molar-refractivity contribution is 0.0982. The van der Waals surface area contributed by atoms with Gasteiger partial charge < -0.3 is 10.6 Å². The van der Waals surface area contributed by atoms with E-state index in [0.717, 1.165) is 12.1 Å². The summed E-state index contributed by atoms with van der Waals surface area (Å²) in [5.41, 5.74) is 8.35. The zero-order valence-electron chi connectivity index (χ0n) is 10.8. The molecule has 1 aliphatic rings. The van der Waals surface area contributed by atoms with Crippen molar-refractivity contribution in [2.45, 2.75) is 13.3 Å². The molecule has 0 radical (unpaired) electrons. The van der Waals surface area contributed by atoms with Crippen LogP contribution in [0.2, 0.25) is 0 Å². The SMILES string of the molecule is CC1Cc2ccccc2N(C(=O)c2cn[nH]c2N)C1. The smallest absolute Gasteiger partial charge is 0.263 e. The second-order valence-corrected chi connectivity index (χ2v) is 5.05. The number of amides is 1. The van der Waals surface area contributed by atoms with Gasteiger partial charge in [-0.1, -0.05) is 25.1 Å². The van der Waals surface area contributed by atoms with Gasteiger partial charge in [0.05, 0.1) is 6.20 Å². The van der Waals surface area contributed by atoms with Gasteiger partial charge in [0.15, 0.2) is 0 Å². The Kier molecular flexibility index (Phi) is 2.74. The van der Waals surface area contributed by atoms with Crippen LogP contribution in [-0.2, 0) is 6.42 Å². The molecule has 1 unspecified atom stereocenters. The van der Waals surface area contributed by atoms with Crippen molar-refractivity contribution in [3.05, 3.63) is 41.6 Å². The van der Waals surface area contributed by atoms with Crippen LogP contribution in [-0.4, -0.2) is 22.6 Å². The minimum absolute atomic E-state index is 0.0924. The number of carbonyl (C=O) groups excluding carboxylic acids is 1. The predicted octanol–water partition coefficient (Wildman–Crippen LogP) is 1.83. The maximum atomic E-state index is 12.6. The second-order valence-electron chi connectivity index (χ2n) is 5.05. The van der Waals surface area contributed by atoms with E-state index in [0.29, 0.717) is 23.8 Å². The van der Waals surface area contributed by atoms with Crippen molar-refractivity contribution in [2.24, 2.45) is 5.92 Å². The molecule has 2 heterocycles. The highest BCUT2D eigenvalue weighted by atomic mass is 16.2. The van der Waals surface area contributed by atoms with E-state index in [1.807, 2.05) is 18.2 Å². The standard InChI is InChI=1S/C14H16N4O/c1-9-6-10-4-2-3-5-12(10)18(8-9)14(19)11-7-16-17-13(11)15/h2-5,7,9H,6,8H2,1H3,(H3,15,16,17). The number of aromatic nitrogens is 2. The Hall–Kier alpha value is -2.30. The Labute approximate surface area is 111 Å². The minimum Gasteiger partial charge on any atom is -0.383 e. The van der Waals surface area contributed by atoms with E-state index < -0.39 is 0 Å². The van der Waals surface area contributed by atoms with Crippen LogP contribution < -0.4 is 10.6 Å². The first-order chi connectivity index (χ1) is 9.16. The summed E-state index contributed by atoms with van der Waals surface area (Å²) >= 11 is 0. The van der Waals surface area contributed by atoms with Crippen molar-refractivity contribution in [3.63, 3.8) is 0 Å². The number of nitrogens with two attached hydrogens (primary N) is 1. The molecular weight excluding hydrogens is 240 g/mol. The Morgan fingerprint density at radius 2 is 2.26 bits per heavy atom. The largest absolute Gasteiger partial charge is 0.383 e. The first kappa shape index (κ1) is 11.8. The van der Waals surface area contributed by atoms with Gasteiger partial charge in [0.1, 0.15) is 11.4 Å². The summed E-state index contributed by atoms with van der Waals surface area (Å²) in [6, 6.07) is 8.01. The topological polar surface area (TPSA) is 75.0 Å². The summed E-state index contributed by atoms with van der Waals surface area (Å²) in [6.07, 6.45) is 2.49. The summed E-state index contributed by atoms with van der Waals surface area (Å²) in [7, 11) is 0. The molecule has 0 saturated heterocycles. The third-order valence-corrected chi connectivity index (χ3v) is 3.49. The molecule has 0 fully saturated rings. The third-order valence-electron chi connectivity index (χ3n) is 3.49. The Morgan fingerprint density at radius 1 is 1.47 bits per heavy atom. The lowest BCUT2D eigenvalue weighted by atomic mass is 9.93. The molecule has 1 amide bonds. The highest BCUT2D eigenvalue weighted by Crippen LogP contribution is 2.31. The summed E-state index contributed by atoms with van der Waals surface area (Å²) in [6.45, 7) is 2.86. The van der Waals surface area contributed by atoms with E-state index in [4.69, 9.17) is 5.73 Å². The first-order valence-electron chi connectivity index (χ1n) is 6.35. The zero-order chi connectivity index (χ0) is 13.4. The summed E-state index contributed by atoms with van der Waals surface area (Å²) < 4.78 is 0. The lowest BCUT2D eigenvalue weighted by Gasteiger charge is -2.33. The molecule has 5 nitrogen and oxygen atoms in total. The van der Waals surface area contributed by atoms with E-state index >= 15 is 0 Å². The molecule has 1 atom stereocenters. The average molecular weight is 256 g/mol. The molecule has 19 heavy (non-hydrogen) atoms. The van der Waals surface area contributed by atoms with Gasteiger partial charge in [-0.25, -0.2) is 0 Å². The van der Waals surface area contributed by atoms with Crippen LogP contribution in [0.4, 0.5) is 11.5 Å². The predicted molar refractivity (Wildman–Crippen MR) is 74.0 cm³/mol. The fraction of sp³-hybridized carbons (Fsp3) is 0.286. The van der Waals surface area contributed by atoms with Gasteiger partial charge in [-0.2, -0.15) is 5.10 Å². The van der Waals surface area contributed by atoms with E-state index in [1.54, 1.807) is 4.90 Å². The molecule has 98 valence electrons. The van der Waals surface area contributed by atoms with Crippen LogP contribution in [0.15, 0.2) is 30.5 Å². The Morgan fingerprint density at radius 3 is 3.00 bits per heavy atom. The van der Waals surface area contributed by atoms with Crippen molar-refractivity contribution in [3.8, 4) is 0 Å². The van der Waals surface area contributed by atoms with E-state index in [9.17, 15) is 4.79 Å². The number of nitrogens with zero attached hydrogens (tertiary/aromatic N) is 2. The number of H-pyrrole nitrogens is 1. The molecular formula is C14H16N4O. The number of nitrogen functional groups attached to an aromatic ring is 1. The number of nitrogens with one attached hydrogen (secondary N) is 1. The number of carbonyl (C=O) groups is 1. The number of rotatable bonds is 1. The normalized spacial score (nSPS) is 18.2. The first-order valence-corrected chi connectivity index (χ1v) is 6.35. The second kappa shape index (κ2) is 4.42. The maximum Gasteiger partial charge on any atom is 0.263 e. The van der Waals surface area contributed by atoms with Crippen LogP contribution in [0, 0.1) is 5.92 Å². The minimum atomic E-state index is -0.0924. The number of benzene rings is 1. The number of hydrogen-bond acceptors (Lipinski definition) is 3. The highest BCUT2D eigenvalue weighted by molar-refractivity contribution is 6.09. The number of anilines is 2. The molecule has 1 aromatic heterocycles. The monoisotopic (exact) mass is 256 g/mol. The molecule has 0 aliphatic carbocycles. The van der Waals surface area contributed by atoms with Crippen LogP contribution >= 0.6 is 0 Å². The average Bonchev–Trinajstić information content (AvgIpc) is 2.83. The number of hydrogen-bond donors (Lipinski definition) is 2. The third kappa shape index (κ3) is 1.97. The molecule has 0 saturated carbocycles. The molecule has 1 aliphatic heterocycles. The van der Waals surface area contributed by atoms with Gasteiger partial charge in [0, 0.05) is 12.2 Å². The van der Waals surface area contributed by atoms with E-state index in [2.05, 4.69) is 23.2 Å². The number of aromatic amines is 1. The summed E-state index contributed by atoms with van der Waals surface area (Å²) in [4.78, 5) is 14.4. The van der Waals surface area contributed by atoms with E-state index in [1.165, 1.54) is 11.8 Å². The van der Waals surface area contributed by atoms with Crippen molar-refractivity contribution in [1.82, 2.24) is 10.2 Å². The zero-order valence-corrected chi connectivity index (χ0v) is 10.8. The fourth-order valence-corrected chi connectivity index (χ4v) is 2.60. The molecule has 2 aromatic rings. The van der Waals surface area contributed by atoms with Gasteiger partial charge in [0.25, 0.3) is 5.91 Å². The molecule has 1 aromatic carbocycles. The molecule has 0 bridgehead atoms. The van der Waals surface area contributed by atoms with Crippen molar-refractivity contribution < 1.29 is 4.79 Å². The quantitative estimate of drug-likeness (QED) is 0.817. The van der Waals surface area contributed by atoms with Gasteiger partial charge >= 0.3 is 0 Å². The van der Waals surface area contributed by atoms with E-state index in [-0.39, 0.29) is 5.91 Å². The summed E-state index contributed by atoms with van der Waals surface area (Å²) in [5.74, 6) is 0.665. The molecule has 5 heteroatoms. The number of para-hydroxylation sites is 1. The van der Waals surface area contributed by atoms with Crippen LogP contribution in [0.5, 0.6) is 0 Å². The van der Waals surface area contributed by atoms with Crippen LogP contribution in [0.25, 0.3) is 0 Å². The van der Waals surface area contributed by atoms with Crippen molar-refractivity contribution in [1.29, 1.82) is 0 Å². The van der Waals surface area contributed by atoms with Crippen LogP contribution in [0.1, 0.15) is 22.8 Å². The number of fused-ring (bicyclic) bond motifs is 1. The Balaban J connectivity index is 2.02. The summed E-state index contributed by atoms with van der Waals surface area (Å²) in [5, 5.41) is 6.42. The van der Waals surface area contributed by atoms with Crippen LogP contribution in [0.3, 0.4) is 0 Å². The van der Waals surface area contributed by atoms with Gasteiger partial charge in [-0.3, -0.25) is 9.89 Å². The fourth-order valence-electron chi connectivity index (χ4n) is 2.60. The van der Waals surface area contributed by atoms with Gasteiger partial charge in [-0.15, -0.1) is 0 Å². The Bertz CT molecular complexity index is 619.